The molecule has 2 unspecified atom stereocenters. The van der Waals surface area contributed by atoms with Crippen LogP contribution in [0, 0.1) is 12.7 Å². The van der Waals surface area contributed by atoms with Gasteiger partial charge in [-0.3, -0.25) is 14.8 Å². The van der Waals surface area contributed by atoms with Crippen LogP contribution >= 0.6 is 0 Å². The van der Waals surface area contributed by atoms with Gasteiger partial charge >= 0.3 is 0 Å². The van der Waals surface area contributed by atoms with E-state index in [-0.39, 0.29) is 23.6 Å². The van der Waals surface area contributed by atoms with Crippen molar-refractivity contribution < 1.29 is 14.0 Å². The number of oxime groups is 1. The van der Waals surface area contributed by atoms with Gasteiger partial charge in [0.1, 0.15) is 5.82 Å². The third-order valence-electron chi connectivity index (χ3n) is 6.48. The highest BCUT2D eigenvalue weighted by Gasteiger charge is 2.26. The maximum atomic E-state index is 14.9. The molecule has 3 heterocycles. The van der Waals surface area contributed by atoms with Gasteiger partial charge in [-0.25, -0.2) is 4.39 Å². The second kappa shape index (κ2) is 10.2. The summed E-state index contributed by atoms with van der Waals surface area (Å²) in [4.78, 5) is 27.5. The third kappa shape index (κ3) is 5.08. The fraction of sp³-hybridized carbons (Fsp3) is 0.200. The lowest BCUT2D eigenvalue weighted by atomic mass is 9.90. The van der Waals surface area contributed by atoms with E-state index in [0.717, 1.165) is 22.4 Å². The summed E-state index contributed by atoms with van der Waals surface area (Å²) < 4.78 is 14.9. The number of nitrogens with zero attached hydrogens (tertiary/aromatic N) is 3. The van der Waals surface area contributed by atoms with Crippen LogP contribution in [0.3, 0.4) is 0 Å². The normalized spacial score (nSPS) is 15.8. The van der Waals surface area contributed by atoms with Gasteiger partial charge in [0.15, 0.2) is 11.9 Å². The van der Waals surface area contributed by atoms with Gasteiger partial charge < -0.3 is 4.84 Å². The predicted molar refractivity (Wildman–Crippen MR) is 137 cm³/mol. The first kappa shape index (κ1) is 23.5. The number of halogens is 1. The van der Waals surface area contributed by atoms with Gasteiger partial charge in [0.25, 0.3) is 0 Å². The molecule has 5 nitrogen and oxygen atoms in total. The Bertz CT molecular complexity index is 1420. The van der Waals surface area contributed by atoms with Crippen molar-refractivity contribution in [3.63, 3.8) is 0 Å². The highest BCUT2D eigenvalue weighted by atomic mass is 19.1. The van der Waals surface area contributed by atoms with Gasteiger partial charge in [-0.1, -0.05) is 30.3 Å². The number of rotatable bonds is 7. The SMILES string of the molecule is Cc1ccc(-c2cc(C(=O)CC(C)c3ccncc3)cc(C3=NOC(c4ccccn4)C3)c2)c(F)c1. The largest absolute Gasteiger partial charge is 0.385 e. The van der Waals surface area contributed by atoms with Crippen molar-refractivity contribution in [1.29, 1.82) is 0 Å². The van der Waals surface area contributed by atoms with E-state index in [4.69, 9.17) is 4.84 Å². The van der Waals surface area contributed by atoms with Crippen LogP contribution in [0.15, 0.2) is 90.5 Å². The van der Waals surface area contributed by atoms with Gasteiger partial charge in [-0.2, -0.15) is 0 Å². The van der Waals surface area contributed by atoms with Gasteiger partial charge in [-0.05, 0) is 78.1 Å². The molecule has 0 amide bonds. The summed E-state index contributed by atoms with van der Waals surface area (Å²) in [5.74, 6) is -0.327. The molecule has 4 aromatic rings. The van der Waals surface area contributed by atoms with E-state index in [2.05, 4.69) is 15.1 Å². The highest BCUT2D eigenvalue weighted by molar-refractivity contribution is 6.06. The summed E-state index contributed by atoms with van der Waals surface area (Å²) in [6, 6.07) is 20.1. The van der Waals surface area contributed by atoms with E-state index in [9.17, 15) is 9.18 Å². The highest BCUT2D eigenvalue weighted by Crippen LogP contribution is 2.32. The Hall–Kier alpha value is -4.19. The molecule has 1 aliphatic rings. The van der Waals surface area contributed by atoms with Crippen molar-refractivity contribution in [3.05, 3.63) is 119 Å². The molecule has 36 heavy (non-hydrogen) atoms. The number of carbonyl (C=O) groups excluding carboxylic acids is 1. The number of pyridine rings is 2. The lowest BCUT2D eigenvalue weighted by Crippen LogP contribution is -2.08. The maximum absolute atomic E-state index is 14.9. The number of aryl methyl sites for hydroxylation is 1. The Morgan fingerprint density at radius 2 is 1.83 bits per heavy atom. The Kier molecular flexibility index (Phi) is 6.67. The second-order valence-corrected chi connectivity index (χ2v) is 9.18. The first-order valence-corrected chi connectivity index (χ1v) is 12.0. The van der Waals surface area contributed by atoms with E-state index < -0.39 is 0 Å². The molecule has 2 aromatic carbocycles. The van der Waals surface area contributed by atoms with Crippen molar-refractivity contribution >= 4 is 11.5 Å². The summed E-state index contributed by atoms with van der Waals surface area (Å²) in [7, 11) is 0. The molecule has 5 rings (SSSR count). The Morgan fingerprint density at radius 3 is 2.58 bits per heavy atom. The van der Waals surface area contributed by atoms with E-state index in [0.29, 0.717) is 35.2 Å². The molecule has 0 saturated carbocycles. The molecule has 180 valence electrons. The van der Waals surface area contributed by atoms with Crippen molar-refractivity contribution in [2.45, 2.75) is 38.7 Å². The summed E-state index contributed by atoms with van der Waals surface area (Å²) in [5, 5.41) is 4.31. The zero-order valence-corrected chi connectivity index (χ0v) is 20.2. The molecule has 0 aliphatic carbocycles. The first-order chi connectivity index (χ1) is 17.5. The molecule has 0 N–H and O–H groups in total. The number of hydrogen-bond acceptors (Lipinski definition) is 5. The molecule has 0 fully saturated rings. The average Bonchev–Trinajstić information content (AvgIpc) is 3.40. The van der Waals surface area contributed by atoms with Gasteiger partial charge in [0.2, 0.25) is 0 Å². The molecule has 1 aliphatic heterocycles. The van der Waals surface area contributed by atoms with Crippen LogP contribution in [0.1, 0.15) is 64.5 Å². The molecule has 6 heteroatoms. The quantitative estimate of drug-likeness (QED) is 0.272. The lowest BCUT2D eigenvalue weighted by molar-refractivity contribution is 0.0826. The molecular weight excluding hydrogens is 453 g/mol. The number of benzene rings is 2. The number of aromatic nitrogens is 2. The predicted octanol–water partition coefficient (Wildman–Crippen LogP) is 6.83. The standard InChI is InChI=1S/C30H26FN3O2/c1-19-6-7-25(26(31)13-19)22-15-23(28-18-30(36-34-28)27-5-3-4-10-33-27)17-24(16-22)29(35)14-20(2)21-8-11-32-12-9-21/h3-13,15-17,20,30H,14,18H2,1-2H3. The molecule has 0 saturated heterocycles. The van der Waals surface area contributed by atoms with Crippen LogP contribution in [-0.4, -0.2) is 21.5 Å². The van der Waals surface area contributed by atoms with Crippen LogP contribution < -0.4 is 0 Å². The molecule has 2 atom stereocenters. The molecular formula is C30H26FN3O2. The minimum atomic E-state index is -0.327. The molecule has 0 spiro atoms. The molecule has 2 aromatic heterocycles. The number of Topliss-reactive ketones (excluding diaryl/α,β-unsaturated/α-hetero) is 1. The van der Waals surface area contributed by atoms with Crippen molar-refractivity contribution in [2.24, 2.45) is 5.16 Å². The van der Waals surface area contributed by atoms with Crippen molar-refractivity contribution in [3.8, 4) is 11.1 Å². The van der Waals surface area contributed by atoms with E-state index in [1.165, 1.54) is 6.07 Å². The number of hydrogen-bond donors (Lipinski definition) is 0. The monoisotopic (exact) mass is 479 g/mol. The van der Waals surface area contributed by atoms with Crippen LogP contribution in [0.25, 0.3) is 11.1 Å². The second-order valence-electron chi connectivity index (χ2n) is 9.18. The minimum absolute atomic E-state index is 0.0178. The summed E-state index contributed by atoms with van der Waals surface area (Å²) in [5.41, 5.74) is 5.72. The minimum Gasteiger partial charge on any atom is -0.385 e. The van der Waals surface area contributed by atoms with E-state index in [1.807, 2.05) is 62.4 Å². The molecule has 0 bridgehead atoms. The lowest BCUT2D eigenvalue weighted by Gasteiger charge is -2.14. The Morgan fingerprint density at radius 1 is 1.03 bits per heavy atom. The fourth-order valence-corrected chi connectivity index (χ4v) is 4.44. The van der Waals surface area contributed by atoms with Crippen LogP contribution in [0.5, 0.6) is 0 Å². The maximum Gasteiger partial charge on any atom is 0.174 e. The summed E-state index contributed by atoms with van der Waals surface area (Å²) >= 11 is 0. The van der Waals surface area contributed by atoms with Crippen LogP contribution in [0.2, 0.25) is 0 Å². The number of carbonyl (C=O) groups is 1. The first-order valence-electron chi connectivity index (χ1n) is 12.0. The van der Waals surface area contributed by atoms with E-state index >= 15 is 0 Å². The van der Waals surface area contributed by atoms with Crippen LogP contribution in [-0.2, 0) is 4.84 Å². The molecule has 0 radical (unpaired) electrons. The van der Waals surface area contributed by atoms with Crippen molar-refractivity contribution in [2.75, 3.05) is 0 Å². The summed E-state index contributed by atoms with van der Waals surface area (Å²) in [6.07, 6.45) is 5.71. The van der Waals surface area contributed by atoms with Crippen molar-refractivity contribution in [1.82, 2.24) is 9.97 Å². The smallest absolute Gasteiger partial charge is 0.174 e. The van der Waals surface area contributed by atoms with Gasteiger partial charge in [0.05, 0.1) is 11.4 Å². The zero-order valence-electron chi connectivity index (χ0n) is 20.2. The van der Waals surface area contributed by atoms with E-state index in [1.54, 1.807) is 30.7 Å². The third-order valence-corrected chi connectivity index (χ3v) is 6.48. The zero-order chi connectivity index (χ0) is 25.1. The Balaban J connectivity index is 1.49. The van der Waals surface area contributed by atoms with Gasteiger partial charge in [0, 0.05) is 48.1 Å². The average molecular weight is 480 g/mol. The summed E-state index contributed by atoms with van der Waals surface area (Å²) in [6.45, 7) is 3.87. The fourth-order valence-electron chi connectivity index (χ4n) is 4.44. The van der Waals surface area contributed by atoms with Gasteiger partial charge in [-0.15, -0.1) is 0 Å². The number of ketones is 1. The topological polar surface area (TPSA) is 64.4 Å². The van der Waals surface area contributed by atoms with Crippen LogP contribution in [0.4, 0.5) is 4.39 Å². The Labute approximate surface area is 209 Å².